The van der Waals surface area contributed by atoms with Gasteiger partial charge in [0.1, 0.15) is 0 Å². The second-order valence-corrected chi connectivity index (χ2v) is 6.97. The summed E-state index contributed by atoms with van der Waals surface area (Å²) in [6.45, 7) is 6.39. The van der Waals surface area contributed by atoms with E-state index in [9.17, 15) is 0 Å². The van der Waals surface area contributed by atoms with Crippen LogP contribution in [0.4, 0.5) is 0 Å². The summed E-state index contributed by atoms with van der Waals surface area (Å²) in [7, 11) is 0. The molecule has 0 spiro atoms. The molecule has 2 aromatic rings. The van der Waals surface area contributed by atoms with Crippen LogP contribution in [0.2, 0.25) is 0 Å². The number of benzene rings is 1. The fourth-order valence-electron chi connectivity index (χ4n) is 2.95. The van der Waals surface area contributed by atoms with Crippen molar-refractivity contribution in [1.82, 2.24) is 15.5 Å². The Morgan fingerprint density at radius 3 is 2.71 bits per heavy atom. The molecule has 1 aromatic carbocycles. The summed E-state index contributed by atoms with van der Waals surface area (Å²) in [6.07, 6.45) is 1.77. The van der Waals surface area contributed by atoms with Gasteiger partial charge in [-0.3, -0.25) is 0 Å². The Morgan fingerprint density at radius 2 is 2.10 bits per heavy atom. The molecule has 1 aliphatic heterocycles. The highest BCUT2D eigenvalue weighted by molar-refractivity contribution is 9.10. The van der Waals surface area contributed by atoms with E-state index < -0.39 is 0 Å². The zero-order chi connectivity index (χ0) is 14.9. The lowest BCUT2D eigenvalue weighted by Crippen LogP contribution is -2.35. The maximum absolute atomic E-state index is 5.60. The van der Waals surface area contributed by atoms with E-state index in [2.05, 4.69) is 57.4 Å². The van der Waals surface area contributed by atoms with E-state index in [1.807, 2.05) is 12.1 Å². The van der Waals surface area contributed by atoms with E-state index in [0.29, 0.717) is 12.3 Å². The average Bonchev–Trinajstić information content (AvgIpc) is 3.11. The molecule has 1 aliphatic rings. The van der Waals surface area contributed by atoms with Gasteiger partial charge in [-0.15, -0.1) is 0 Å². The molecule has 0 aliphatic carbocycles. The molecule has 1 atom stereocenters. The molecular weight excluding hydrogens is 330 g/mol. The van der Waals surface area contributed by atoms with Crippen molar-refractivity contribution in [2.45, 2.75) is 32.1 Å². The Bertz CT molecular complexity index is 600. The summed E-state index contributed by atoms with van der Waals surface area (Å²) < 4.78 is 6.68. The number of hydrogen-bond donors (Lipinski definition) is 1. The van der Waals surface area contributed by atoms with Gasteiger partial charge in [0, 0.05) is 17.4 Å². The van der Waals surface area contributed by atoms with Crippen LogP contribution in [0.5, 0.6) is 0 Å². The maximum Gasteiger partial charge on any atom is 0.234 e. The van der Waals surface area contributed by atoms with Gasteiger partial charge in [0.25, 0.3) is 0 Å². The molecule has 112 valence electrons. The van der Waals surface area contributed by atoms with E-state index in [0.717, 1.165) is 35.7 Å². The van der Waals surface area contributed by atoms with Crippen molar-refractivity contribution in [1.29, 1.82) is 0 Å². The lowest BCUT2D eigenvalue weighted by atomic mass is 9.76. The largest absolute Gasteiger partial charge is 0.339 e. The van der Waals surface area contributed by atoms with Crippen molar-refractivity contribution in [2.75, 3.05) is 13.1 Å². The number of rotatable bonds is 4. The minimum atomic E-state index is -0.00896. The molecule has 0 bridgehead atoms. The first kappa shape index (κ1) is 14.7. The minimum Gasteiger partial charge on any atom is -0.339 e. The van der Waals surface area contributed by atoms with Crippen molar-refractivity contribution in [3.8, 4) is 0 Å². The molecule has 0 amide bonds. The first-order valence-electron chi connectivity index (χ1n) is 7.38. The fraction of sp³-hybridized carbons (Fsp3) is 0.500. The first-order chi connectivity index (χ1) is 10.1. The Balaban J connectivity index is 1.81. The Labute approximate surface area is 133 Å². The van der Waals surface area contributed by atoms with E-state index >= 15 is 0 Å². The van der Waals surface area contributed by atoms with E-state index in [1.165, 1.54) is 5.56 Å². The fourth-order valence-corrected chi connectivity index (χ4v) is 3.21. The Morgan fingerprint density at radius 1 is 1.33 bits per heavy atom. The van der Waals surface area contributed by atoms with Crippen LogP contribution in [0, 0.1) is 5.92 Å². The quantitative estimate of drug-likeness (QED) is 0.919. The number of nitrogens with zero attached hydrogens (tertiary/aromatic N) is 2. The van der Waals surface area contributed by atoms with Gasteiger partial charge in [-0.05, 0) is 36.6 Å². The summed E-state index contributed by atoms with van der Waals surface area (Å²) >= 11 is 3.45. The van der Waals surface area contributed by atoms with Crippen LogP contribution in [0.3, 0.4) is 0 Å². The first-order valence-corrected chi connectivity index (χ1v) is 8.18. The van der Waals surface area contributed by atoms with Crippen molar-refractivity contribution >= 4 is 15.9 Å². The number of nitrogens with one attached hydrogen (secondary N) is 1. The molecule has 3 rings (SSSR count). The third-order valence-corrected chi connectivity index (χ3v) is 4.99. The van der Waals surface area contributed by atoms with Crippen LogP contribution >= 0.6 is 15.9 Å². The van der Waals surface area contributed by atoms with Gasteiger partial charge in [0.15, 0.2) is 5.82 Å². The van der Waals surface area contributed by atoms with Gasteiger partial charge in [-0.2, -0.15) is 4.98 Å². The van der Waals surface area contributed by atoms with Crippen molar-refractivity contribution < 1.29 is 4.52 Å². The molecule has 1 unspecified atom stereocenters. The molecule has 1 saturated heterocycles. The predicted octanol–water partition coefficient (Wildman–Crippen LogP) is 3.31. The summed E-state index contributed by atoms with van der Waals surface area (Å²) in [6, 6.07) is 8.23. The topological polar surface area (TPSA) is 51.0 Å². The van der Waals surface area contributed by atoms with Gasteiger partial charge in [-0.25, -0.2) is 0 Å². The molecule has 21 heavy (non-hydrogen) atoms. The molecular formula is C16H20BrN3O. The number of halogens is 1. The third-order valence-electron chi connectivity index (χ3n) is 4.46. The highest BCUT2D eigenvalue weighted by atomic mass is 79.9. The van der Waals surface area contributed by atoms with Crippen LogP contribution in [-0.4, -0.2) is 23.2 Å². The highest BCUT2D eigenvalue weighted by Crippen LogP contribution is 2.36. The van der Waals surface area contributed by atoms with Gasteiger partial charge < -0.3 is 9.84 Å². The highest BCUT2D eigenvalue weighted by Gasteiger charge is 2.43. The monoisotopic (exact) mass is 349 g/mol. The van der Waals surface area contributed by atoms with Gasteiger partial charge in [0.2, 0.25) is 5.89 Å². The third kappa shape index (κ3) is 2.90. The van der Waals surface area contributed by atoms with Crippen LogP contribution in [0.1, 0.15) is 37.5 Å². The Kier molecular flexibility index (Phi) is 4.13. The zero-order valence-corrected chi connectivity index (χ0v) is 14.0. The lowest BCUT2D eigenvalue weighted by molar-refractivity contribution is 0.234. The zero-order valence-electron chi connectivity index (χ0n) is 12.4. The van der Waals surface area contributed by atoms with Crippen LogP contribution in [-0.2, 0) is 11.8 Å². The molecule has 0 saturated carbocycles. The second-order valence-electron chi connectivity index (χ2n) is 6.06. The lowest BCUT2D eigenvalue weighted by Gasteiger charge is -2.28. The van der Waals surface area contributed by atoms with Crippen molar-refractivity contribution in [3.05, 3.63) is 46.0 Å². The van der Waals surface area contributed by atoms with Crippen LogP contribution < -0.4 is 5.32 Å². The molecule has 0 radical (unpaired) electrons. The summed E-state index contributed by atoms with van der Waals surface area (Å²) in [5.74, 6) is 2.03. The molecule has 2 heterocycles. The minimum absolute atomic E-state index is 0.00896. The Hall–Kier alpha value is -1.20. The smallest absolute Gasteiger partial charge is 0.234 e. The normalized spacial score (nSPS) is 22.1. The van der Waals surface area contributed by atoms with Crippen molar-refractivity contribution in [2.24, 2.45) is 5.92 Å². The van der Waals surface area contributed by atoms with Gasteiger partial charge in [0.05, 0.1) is 5.41 Å². The van der Waals surface area contributed by atoms with Gasteiger partial charge >= 0.3 is 0 Å². The molecule has 1 aromatic heterocycles. The molecule has 1 fully saturated rings. The second kappa shape index (κ2) is 5.89. The van der Waals surface area contributed by atoms with Crippen LogP contribution in [0.25, 0.3) is 0 Å². The summed E-state index contributed by atoms with van der Waals surface area (Å²) in [5, 5.41) is 7.61. The number of aromatic nitrogens is 2. The van der Waals surface area contributed by atoms with E-state index in [-0.39, 0.29) is 5.41 Å². The standard InChI is InChI=1S/C16H20BrN3O/c1-11(2)16(7-8-18-10-16)15-19-14(20-21-15)9-12-3-5-13(17)6-4-12/h3-6,11,18H,7-10H2,1-2H3. The van der Waals surface area contributed by atoms with E-state index in [1.54, 1.807) is 0 Å². The summed E-state index contributed by atoms with van der Waals surface area (Å²) in [4.78, 5) is 4.67. The maximum atomic E-state index is 5.60. The van der Waals surface area contributed by atoms with Crippen LogP contribution in [0.15, 0.2) is 33.3 Å². The predicted molar refractivity (Wildman–Crippen MR) is 85.2 cm³/mol. The molecule has 1 N–H and O–H groups in total. The summed E-state index contributed by atoms with van der Waals surface area (Å²) in [5.41, 5.74) is 1.18. The van der Waals surface area contributed by atoms with Gasteiger partial charge in [-0.1, -0.05) is 47.1 Å². The van der Waals surface area contributed by atoms with E-state index in [4.69, 9.17) is 4.52 Å². The molecule has 4 nitrogen and oxygen atoms in total. The number of hydrogen-bond acceptors (Lipinski definition) is 4. The average molecular weight is 350 g/mol. The molecule has 5 heteroatoms. The SMILES string of the molecule is CC(C)C1(c2nc(Cc3ccc(Br)cc3)no2)CCNC1. The van der Waals surface area contributed by atoms with Crippen molar-refractivity contribution in [3.63, 3.8) is 0 Å².